The molecule has 2 aromatic heterocycles. The number of anilines is 2. The number of aliphatic carboxylic acids is 2. The largest absolute Gasteiger partial charge is 0.481 e. The number of aromatic amines is 1. The van der Waals surface area contributed by atoms with Crippen LogP contribution in [0.3, 0.4) is 0 Å². The molecule has 1 aromatic carbocycles. The molecule has 2 heterocycles. The third-order valence-electron chi connectivity index (χ3n) is 4.80. The van der Waals surface area contributed by atoms with Crippen molar-refractivity contribution in [3.8, 4) is 0 Å². The van der Waals surface area contributed by atoms with Crippen molar-refractivity contribution in [1.29, 1.82) is 0 Å². The lowest BCUT2D eigenvalue weighted by molar-refractivity contribution is -0.143. The van der Waals surface area contributed by atoms with Crippen LogP contribution < -0.4 is 16.6 Å². The highest BCUT2D eigenvalue weighted by molar-refractivity contribution is 5.96. The molecule has 0 fully saturated rings. The van der Waals surface area contributed by atoms with Crippen LogP contribution in [0.5, 0.6) is 0 Å². The van der Waals surface area contributed by atoms with Crippen molar-refractivity contribution in [2.24, 2.45) is 0 Å². The second kappa shape index (κ2) is 9.72. The molecule has 13 heteroatoms. The first-order valence-corrected chi connectivity index (χ1v) is 9.73. The Balaban J connectivity index is 1.66. The third kappa shape index (κ3) is 5.58. The van der Waals surface area contributed by atoms with Gasteiger partial charge in [0.2, 0.25) is 5.95 Å². The molecule has 6 N–H and O–H groups in total. The smallest absolute Gasteiger partial charge is 0.326 e. The number of nitrogen functional groups attached to an aromatic ring is 1. The van der Waals surface area contributed by atoms with Gasteiger partial charge in [-0.05, 0) is 30.7 Å². The van der Waals surface area contributed by atoms with E-state index in [4.69, 9.17) is 10.8 Å². The first-order valence-electron chi connectivity index (χ1n) is 9.73. The van der Waals surface area contributed by atoms with E-state index in [0.717, 1.165) is 4.90 Å². The minimum atomic E-state index is -1.28. The molecule has 33 heavy (non-hydrogen) atoms. The summed E-state index contributed by atoms with van der Waals surface area (Å²) in [6.45, 7) is 0.232. The number of carboxylic acid groups (broad SMARTS) is 2. The average Bonchev–Trinajstić information content (AvgIpc) is 2.77. The second-order valence-corrected chi connectivity index (χ2v) is 7.12. The van der Waals surface area contributed by atoms with E-state index in [-0.39, 0.29) is 42.1 Å². The second-order valence-electron chi connectivity index (χ2n) is 7.12. The van der Waals surface area contributed by atoms with Gasteiger partial charge < -0.3 is 26.2 Å². The van der Waals surface area contributed by atoms with Gasteiger partial charge in [0.05, 0.1) is 18.4 Å². The van der Waals surface area contributed by atoms with Gasteiger partial charge in [-0.15, -0.1) is 0 Å². The van der Waals surface area contributed by atoms with Crippen LogP contribution in [-0.2, 0) is 16.1 Å². The fraction of sp³-hybridized carbons (Fsp3) is 0.250. The molecule has 0 aliphatic rings. The van der Waals surface area contributed by atoms with Crippen molar-refractivity contribution in [2.75, 3.05) is 18.1 Å². The van der Waals surface area contributed by atoms with Crippen LogP contribution in [0.1, 0.15) is 28.9 Å². The SMILES string of the molecule is CN(C(=O)c1ccc(NCc2cnc3nc(N)[nH]c(=O)c3n2)cc1)[C@H](CCC(=O)O)C(=O)O. The highest BCUT2D eigenvalue weighted by Crippen LogP contribution is 2.15. The lowest BCUT2D eigenvalue weighted by Gasteiger charge is -2.24. The van der Waals surface area contributed by atoms with Gasteiger partial charge in [0.25, 0.3) is 11.5 Å². The Hall–Kier alpha value is -4.55. The molecule has 0 saturated heterocycles. The topological polar surface area (TPSA) is 204 Å². The number of hydrogen-bond acceptors (Lipinski definition) is 9. The van der Waals surface area contributed by atoms with Crippen molar-refractivity contribution in [3.05, 3.63) is 52.1 Å². The highest BCUT2D eigenvalue weighted by Gasteiger charge is 2.27. The van der Waals surface area contributed by atoms with E-state index in [1.807, 2.05) is 0 Å². The molecule has 1 atom stereocenters. The summed E-state index contributed by atoms with van der Waals surface area (Å²) in [4.78, 5) is 62.3. The molecule has 1 amide bonds. The van der Waals surface area contributed by atoms with Gasteiger partial charge >= 0.3 is 11.9 Å². The number of rotatable bonds is 9. The molecule has 3 aromatic rings. The van der Waals surface area contributed by atoms with Crippen LogP contribution in [-0.4, -0.2) is 66.0 Å². The number of nitrogens with one attached hydrogen (secondary N) is 2. The Labute approximate surface area is 186 Å². The summed E-state index contributed by atoms with van der Waals surface area (Å²) in [5, 5.41) is 21.2. The monoisotopic (exact) mass is 455 g/mol. The van der Waals surface area contributed by atoms with E-state index in [1.165, 1.54) is 25.4 Å². The van der Waals surface area contributed by atoms with Crippen molar-refractivity contribution in [3.63, 3.8) is 0 Å². The van der Waals surface area contributed by atoms with Crippen LogP contribution in [0.4, 0.5) is 11.6 Å². The van der Waals surface area contributed by atoms with Crippen molar-refractivity contribution < 1.29 is 24.6 Å². The molecule has 0 aliphatic heterocycles. The predicted molar refractivity (Wildman–Crippen MR) is 117 cm³/mol. The quantitative estimate of drug-likeness (QED) is 0.296. The minimum absolute atomic E-state index is 0.0514. The molecule has 0 unspecified atom stereocenters. The summed E-state index contributed by atoms with van der Waals surface area (Å²) in [6.07, 6.45) is 0.881. The number of nitrogens with zero attached hydrogens (tertiary/aromatic N) is 4. The Morgan fingerprint density at radius 3 is 2.52 bits per heavy atom. The van der Waals surface area contributed by atoms with Gasteiger partial charge in [0.1, 0.15) is 6.04 Å². The van der Waals surface area contributed by atoms with Gasteiger partial charge in [-0.1, -0.05) is 0 Å². The van der Waals surface area contributed by atoms with Gasteiger partial charge in [0, 0.05) is 24.7 Å². The Morgan fingerprint density at radius 2 is 1.88 bits per heavy atom. The summed E-state index contributed by atoms with van der Waals surface area (Å²) in [7, 11) is 1.32. The Kier molecular flexibility index (Phi) is 6.81. The fourth-order valence-electron chi connectivity index (χ4n) is 3.07. The minimum Gasteiger partial charge on any atom is -0.481 e. The van der Waals surface area contributed by atoms with E-state index in [2.05, 4.69) is 25.3 Å². The zero-order valence-electron chi connectivity index (χ0n) is 17.5. The number of amides is 1. The molecule has 172 valence electrons. The number of carbonyl (C=O) groups excluding carboxylic acids is 1. The number of likely N-dealkylation sites (N-methyl/N-ethyl adjacent to an activating group) is 1. The Morgan fingerprint density at radius 1 is 1.18 bits per heavy atom. The standard InChI is InChI=1S/C20H21N7O6/c1-27(13(19(32)33)6-7-14(28)29)18(31)10-2-4-11(5-3-10)22-8-12-9-23-16-15(24-12)17(30)26-20(21)25-16/h2-5,9,13,22H,6-8H2,1H3,(H,28,29)(H,32,33)(H3,21,23,25,26,30)/t13-/m1/s1. The molecule has 3 rings (SSSR count). The maximum absolute atomic E-state index is 12.6. The molecule has 0 spiro atoms. The lowest BCUT2D eigenvalue weighted by Crippen LogP contribution is -2.42. The van der Waals surface area contributed by atoms with Gasteiger partial charge in [-0.2, -0.15) is 4.98 Å². The maximum Gasteiger partial charge on any atom is 0.326 e. The number of carbonyl (C=O) groups is 3. The molecule has 0 radical (unpaired) electrons. The first kappa shape index (κ1) is 23.1. The number of hydrogen-bond donors (Lipinski definition) is 5. The number of aromatic nitrogens is 4. The maximum atomic E-state index is 12.6. The molecule has 0 bridgehead atoms. The highest BCUT2D eigenvalue weighted by atomic mass is 16.4. The summed E-state index contributed by atoms with van der Waals surface area (Å²) in [5.74, 6) is -3.02. The normalized spacial score (nSPS) is 11.7. The number of carboxylic acids is 2. The number of fused-ring (bicyclic) bond motifs is 1. The van der Waals surface area contributed by atoms with E-state index in [1.54, 1.807) is 12.1 Å². The van der Waals surface area contributed by atoms with Crippen LogP contribution in [0.15, 0.2) is 35.3 Å². The number of H-pyrrole nitrogens is 1. The summed E-state index contributed by atoms with van der Waals surface area (Å²) < 4.78 is 0. The summed E-state index contributed by atoms with van der Waals surface area (Å²) >= 11 is 0. The van der Waals surface area contributed by atoms with Gasteiger partial charge in [0.15, 0.2) is 11.2 Å². The van der Waals surface area contributed by atoms with Gasteiger partial charge in [-0.3, -0.25) is 19.4 Å². The molecular weight excluding hydrogens is 434 g/mol. The molecule has 13 nitrogen and oxygen atoms in total. The number of nitrogens with two attached hydrogens (primary N) is 1. The predicted octanol–water partition coefficient (Wildman–Crippen LogP) is 0.297. The van der Waals surface area contributed by atoms with E-state index >= 15 is 0 Å². The zero-order chi connectivity index (χ0) is 24.1. The number of benzene rings is 1. The fourth-order valence-corrected chi connectivity index (χ4v) is 3.07. The first-order chi connectivity index (χ1) is 15.7. The molecule has 0 aliphatic carbocycles. The van der Waals surface area contributed by atoms with E-state index in [9.17, 15) is 24.3 Å². The van der Waals surface area contributed by atoms with Crippen molar-refractivity contribution >= 4 is 40.6 Å². The summed E-state index contributed by atoms with van der Waals surface area (Å²) in [6, 6.07) is 5.02. The Bertz CT molecular complexity index is 1260. The summed E-state index contributed by atoms with van der Waals surface area (Å²) in [5.41, 5.74) is 6.53. The van der Waals surface area contributed by atoms with E-state index in [0.29, 0.717) is 11.4 Å². The lowest BCUT2D eigenvalue weighted by atomic mass is 10.1. The van der Waals surface area contributed by atoms with Crippen LogP contribution in [0.25, 0.3) is 11.2 Å². The van der Waals surface area contributed by atoms with Crippen LogP contribution in [0.2, 0.25) is 0 Å². The molecular formula is C20H21N7O6. The average molecular weight is 455 g/mol. The van der Waals surface area contributed by atoms with Crippen molar-refractivity contribution in [1.82, 2.24) is 24.8 Å². The van der Waals surface area contributed by atoms with Crippen LogP contribution in [0, 0.1) is 0 Å². The van der Waals surface area contributed by atoms with Crippen molar-refractivity contribution in [2.45, 2.75) is 25.4 Å². The molecule has 0 saturated carbocycles. The van der Waals surface area contributed by atoms with Crippen LogP contribution >= 0.6 is 0 Å². The van der Waals surface area contributed by atoms with E-state index < -0.39 is 29.4 Å². The zero-order valence-corrected chi connectivity index (χ0v) is 17.5. The van der Waals surface area contributed by atoms with Gasteiger partial charge in [-0.25, -0.2) is 14.8 Å². The third-order valence-corrected chi connectivity index (χ3v) is 4.80.